The third-order valence-corrected chi connectivity index (χ3v) is 3.68. The van der Waals surface area contributed by atoms with E-state index in [1.807, 2.05) is 0 Å². The first kappa shape index (κ1) is 17.9. The van der Waals surface area contributed by atoms with Crippen LogP contribution in [0.2, 0.25) is 0 Å². The van der Waals surface area contributed by atoms with E-state index >= 15 is 0 Å². The second-order valence-corrected chi connectivity index (χ2v) is 5.53. The van der Waals surface area contributed by atoms with E-state index in [-0.39, 0.29) is 23.8 Å². The number of anilines is 1. The zero-order valence-electron chi connectivity index (χ0n) is 13.8. The SMILES string of the molecule is CCC(=O)Nc1ccc(C(=O)NCCNC(=O)C2CCCO2)cc1. The number of carbonyl (C=O) groups excluding carboxylic acids is 3. The summed E-state index contributed by atoms with van der Waals surface area (Å²) in [6.45, 7) is 3.10. The summed E-state index contributed by atoms with van der Waals surface area (Å²) in [6, 6.07) is 6.65. The Kier molecular flexibility index (Phi) is 6.74. The number of hydrogen-bond donors (Lipinski definition) is 3. The van der Waals surface area contributed by atoms with Crippen molar-refractivity contribution in [2.75, 3.05) is 25.0 Å². The van der Waals surface area contributed by atoms with E-state index in [9.17, 15) is 14.4 Å². The van der Waals surface area contributed by atoms with Gasteiger partial charge in [-0.15, -0.1) is 0 Å². The summed E-state index contributed by atoms with van der Waals surface area (Å²) in [6.07, 6.45) is 1.70. The zero-order chi connectivity index (χ0) is 17.4. The Hall–Kier alpha value is -2.41. The van der Waals surface area contributed by atoms with E-state index < -0.39 is 0 Å². The average molecular weight is 333 g/mol. The number of hydrogen-bond acceptors (Lipinski definition) is 4. The predicted octanol–water partition coefficient (Wildman–Crippen LogP) is 1.06. The molecule has 24 heavy (non-hydrogen) atoms. The maximum Gasteiger partial charge on any atom is 0.251 e. The Bertz CT molecular complexity index is 580. The fraction of sp³-hybridized carbons (Fsp3) is 0.471. The molecule has 1 atom stereocenters. The van der Waals surface area contributed by atoms with Gasteiger partial charge in [0.2, 0.25) is 11.8 Å². The standard InChI is InChI=1S/C17H23N3O4/c1-2-15(21)20-13-7-5-12(6-8-13)16(22)18-9-10-19-17(23)14-4-3-11-24-14/h5-8,14H,2-4,9-11H2,1H3,(H,18,22)(H,19,23)(H,20,21). The molecule has 7 heteroatoms. The van der Waals surface area contributed by atoms with Crippen LogP contribution in [0.1, 0.15) is 36.5 Å². The van der Waals surface area contributed by atoms with Crippen LogP contribution >= 0.6 is 0 Å². The molecule has 1 aromatic rings. The normalized spacial score (nSPS) is 16.5. The molecule has 1 aliphatic rings. The lowest BCUT2D eigenvalue weighted by Gasteiger charge is -2.11. The van der Waals surface area contributed by atoms with E-state index in [1.54, 1.807) is 31.2 Å². The first-order valence-electron chi connectivity index (χ1n) is 8.17. The van der Waals surface area contributed by atoms with Crippen molar-refractivity contribution in [3.05, 3.63) is 29.8 Å². The molecule has 1 aromatic carbocycles. The second kappa shape index (κ2) is 9.02. The third kappa shape index (κ3) is 5.34. The topological polar surface area (TPSA) is 96.5 Å². The van der Waals surface area contributed by atoms with Crippen LogP contribution < -0.4 is 16.0 Å². The van der Waals surface area contributed by atoms with Crippen molar-refractivity contribution < 1.29 is 19.1 Å². The molecule has 1 saturated heterocycles. The third-order valence-electron chi connectivity index (χ3n) is 3.68. The maximum absolute atomic E-state index is 12.0. The van der Waals surface area contributed by atoms with E-state index in [4.69, 9.17) is 4.74 Å². The number of rotatable bonds is 7. The lowest BCUT2D eigenvalue weighted by atomic mass is 10.2. The average Bonchev–Trinajstić information content (AvgIpc) is 3.13. The van der Waals surface area contributed by atoms with Crippen LogP contribution in [0.25, 0.3) is 0 Å². The van der Waals surface area contributed by atoms with Gasteiger partial charge in [0.15, 0.2) is 0 Å². The minimum atomic E-state index is -0.355. The highest BCUT2D eigenvalue weighted by Gasteiger charge is 2.22. The van der Waals surface area contributed by atoms with Crippen LogP contribution in [0.3, 0.4) is 0 Å². The lowest BCUT2D eigenvalue weighted by Crippen LogP contribution is -2.39. The van der Waals surface area contributed by atoms with Crippen LogP contribution in [0.15, 0.2) is 24.3 Å². The second-order valence-electron chi connectivity index (χ2n) is 5.53. The first-order chi connectivity index (χ1) is 11.6. The van der Waals surface area contributed by atoms with Gasteiger partial charge in [-0.3, -0.25) is 14.4 Å². The molecule has 0 aromatic heterocycles. The van der Waals surface area contributed by atoms with Crippen LogP contribution in [-0.2, 0) is 14.3 Å². The molecule has 0 radical (unpaired) electrons. The molecule has 1 heterocycles. The molecule has 130 valence electrons. The molecular weight excluding hydrogens is 310 g/mol. The molecule has 3 N–H and O–H groups in total. The largest absolute Gasteiger partial charge is 0.368 e. The van der Waals surface area contributed by atoms with Gasteiger partial charge in [-0.1, -0.05) is 6.92 Å². The zero-order valence-corrected chi connectivity index (χ0v) is 13.8. The molecule has 0 spiro atoms. The van der Waals surface area contributed by atoms with Crippen LogP contribution in [-0.4, -0.2) is 43.5 Å². The Morgan fingerprint density at radius 1 is 1.12 bits per heavy atom. The first-order valence-corrected chi connectivity index (χ1v) is 8.17. The van der Waals surface area contributed by atoms with Gasteiger partial charge in [-0.25, -0.2) is 0 Å². The molecule has 7 nitrogen and oxygen atoms in total. The monoisotopic (exact) mass is 333 g/mol. The molecule has 2 rings (SSSR count). The summed E-state index contributed by atoms with van der Waals surface area (Å²) >= 11 is 0. The summed E-state index contributed by atoms with van der Waals surface area (Å²) in [5.74, 6) is -0.429. The molecule has 1 aliphatic heterocycles. The summed E-state index contributed by atoms with van der Waals surface area (Å²) < 4.78 is 5.28. The number of carbonyl (C=O) groups is 3. The van der Waals surface area contributed by atoms with E-state index in [2.05, 4.69) is 16.0 Å². The van der Waals surface area contributed by atoms with Gasteiger partial charge in [0.05, 0.1) is 0 Å². The van der Waals surface area contributed by atoms with Crippen molar-refractivity contribution in [3.8, 4) is 0 Å². The van der Waals surface area contributed by atoms with Gasteiger partial charge in [0, 0.05) is 37.4 Å². The van der Waals surface area contributed by atoms with Gasteiger partial charge < -0.3 is 20.7 Å². The van der Waals surface area contributed by atoms with E-state index in [0.29, 0.717) is 37.4 Å². The van der Waals surface area contributed by atoms with Gasteiger partial charge in [0.1, 0.15) is 6.10 Å². The van der Waals surface area contributed by atoms with E-state index in [0.717, 1.165) is 12.8 Å². The Morgan fingerprint density at radius 3 is 2.46 bits per heavy atom. The molecule has 1 unspecified atom stereocenters. The predicted molar refractivity (Wildman–Crippen MR) is 89.7 cm³/mol. The van der Waals surface area contributed by atoms with Gasteiger partial charge in [-0.05, 0) is 37.1 Å². The summed E-state index contributed by atoms with van der Waals surface area (Å²) in [7, 11) is 0. The molecule has 0 bridgehead atoms. The molecule has 3 amide bonds. The Balaban J connectivity index is 1.70. The molecule has 0 saturated carbocycles. The lowest BCUT2D eigenvalue weighted by molar-refractivity contribution is -0.130. The number of nitrogens with one attached hydrogen (secondary N) is 3. The van der Waals surface area contributed by atoms with Crippen LogP contribution in [0.4, 0.5) is 5.69 Å². The van der Waals surface area contributed by atoms with Crippen molar-refractivity contribution in [1.29, 1.82) is 0 Å². The van der Waals surface area contributed by atoms with Gasteiger partial charge >= 0.3 is 0 Å². The number of amides is 3. The molecule has 1 fully saturated rings. The quantitative estimate of drug-likeness (QED) is 0.650. The smallest absolute Gasteiger partial charge is 0.251 e. The minimum Gasteiger partial charge on any atom is -0.368 e. The molecule has 0 aliphatic carbocycles. The number of benzene rings is 1. The van der Waals surface area contributed by atoms with Gasteiger partial charge in [-0.2, -0.15) is 0 Å². The molecular formula is C17H23N3O4. The van der Waals surface area contributed by atoms with Crippen molar-refractivity contribution >= 4 is 23.4 Å². The highest BCUT2D eigenvalue weighted by atomic mass is 16.5. The fourth-order valence-corrected chi connectivity index (χ4v) is 2.32. The van der Waals surface area contributed by atoms with E-state index in [1.165, 1.54) is 0 Å². The van der Waals surface area contributed by atoms with Crippen molar-refractivity contribution in [1.82, 2.24) is 10.6 Å². The van der Waals surface area contributed by atoms with Gasteiger partial charge in [0.25, 0.3) is 5.91 Å². The summed E-state index contributed by atoms with van der Waals surface area (Å²) in [4.78, 5) is 35.0. The minimum absolute atomic E-state index is 0.0748. The Morgan fingerprint density at radius 2 is 1.83 bits per heavy atom. The number of ether oxygens (including phenoxy) is 1. The van der Waals surface area contributed by atoms with Crippen LogP contribution in [0, 0.1) is 0 Å². The van der Waals surface area contributed by atoms with Crippen molar-refractivity contribution in [3.63, 3.8) is 0 Å². The summed E-state index contributed by atoms with van der Waals surface area (Å²) in [5.41, 5.74) is 1.15. The highest BCUT2D eigenvalue weighted by Crippen LogP contribution is 2.11. The van der Waals surface area contributed by atoms with Crippen LogP contribution in [0.5, 0.6) is 0 Å². The maximum atomic E-state index is 12.0. The van der Waals surface area contributed by atoms with Crippen molar-refractivity contribution in [2.24, 2.45) is 0 Å². The Labute approximate surface area is 141 Å². The summed E-state index contributed by atoms with van der Waals surface area (Å²) in [5, 5.41) is 8.20. The van der Waals surface area contributed by atoms with Crippen molar-refractivity contribution in [2.45, 2.75) is 32.3 Å². The fourth-order valence-electron chi connectivity index (χ4n) is 2.32. The highest BCUT2D eigenvalue weighted by molar-refractivity contribution is 5.95.